The van der Waals surface area contributed by atoms with E-state index in [2.05, 4.69) is 22.2 Å². The molecule has 1 aromatic carbocycles. The summed E-state index contributed by atoms with van der Waals surface area (Å²) < 4.78 is 11.1. The number of nitrogens with zero attached hydrogens (tertiary/aromatic N) is 2. The molecule has 0 bridgehead atoms. The van der Waals surface area contributed by atoms with Crippen molar-refractivity contribution in [2.45, 2.75) is 19.9 Å². The van der Waals surface area contributed by atoms with E-state index in [0.717, 1.165) is 24.3 Å². The number of pyridine rings is 1. The van der Waals surface area contributed by atoms with Gasteiger partial charge in [0.05, 0.1) is 6.54 Å². The lowest BCUT2D eigenvalue weighted by molar-refractivity contribution is 0.212. The molecule has 0 amide bonds. The first-order valence-electron chi connectivity index (χ1n) is 8.07. The molecule has 0 unspecified atom stereocenters. The first kappa shape index (κ1) is 17.6. The Labute approximate surface area is 142 Å². The summed E-state index contributed by atoms with van der Waals surface area (Å²) in [5.41, 5.74) is 6.72. The average Bonchev–Trinajstić information content (AvgIpc) is 2.63. The molecule has 2 rings (SSSR count). The van der Waals surface area contributed by atoms with E-state index in [9.17, 15) is 0 Å². The van der Waals surface area contributed by atoms with Gasteiger partial charge in [0.25, 0.3) is 0 Å². The molecule has 1 aromatic heterocycles. The van der Waals surface area contributed by atoms with E-state index in [-0.39, 0.29) is 0 Å². The molecule has 6 heteroatoms. The van der Waals surface area contributed by atoms with Crippen LogP contribution >= 0.6 is 0 Å². The molecule has 3 N–H and O–H groups in total. The molecule has 0 radical (unpaired) electrons. The molecule has 0 spiro atoms. The van der Waals surface area contributed by atoms with Gasteiger partial charge >= 0.3 is 0 Å². The van der Waals surface area contributed by atoms with Crippen LogP contribution in [0.3, 0.4) is 0 Å². The second-order valence-corrected chi connectivity index (χ2v) is 5.14. The zero-order valence-corrected chi connectivity index (χ0v) is 13.9. The van der Waals surface area contributed by atoms with Crippen LogP contribution in [0.15, 0.2) is 53.7 Å². The van der Waals surface area contributed by atoms with Crippen LogP contribution in [0.25, 0.3) is 0 Å². The van der Waals surface area contributed by atoms with Crippen molar-refractivity contribution >= 4 is 5.96 Å². The molecule has 24 heavy (non-hydrogen) atoms. The molecule has 0 aliphatic rings. The molecular formula is C18H24N4O2. The predicted octanol–water partition coefficient (Wildman–Crippen LogP) is 2.35. The van der Waals surface area contributed by atoms with Gasteiger partial charge in [0.1, 0.15) is 19.0 Å². The Morgan fingerprint density at radius 2 is 1.92 bits per heavy atom. The summed E-state index contributed by atoms with van der Waals surface area (Å²) in [5.74, 6) is 1.85. The number of hydrogen-bond donors (Lipinski definition) is 2. The molecule has 1 heterocycles. The van der Waals surface area contributed by atoms with Crippen LogP contribution < -0.4 is 20.5 Å². The number of aromatic nitrogens is 1. The van der Waals surface area contributed by atoms with Crippen LogP contribution in [0.1, 0.15) is 18.9 Å². The molecular weight excluding hydrogens is 304 g/mol. The van der Waals surface area contributed by atoms with E-state index in [1.54, 1.807) is 6.20 Å². The lowest BCUT2D eigenvalue weighted by Crippen LogP contribution is -2.32. The van der Waals surface area contributed by atoms with Crippen molar-refractivity contribution in [1.82, 2.24) is 10.3 Å². The van der Waals surface area contributed by atoms with Gasteiger partial charge in [0.2, 0.25) is 5.88 Å². The minimum atomic E-state index is 0.438. The molecule has 0 aliphatic carbocycles. The summed E-state index contributed by atoms with van der Waals surface area (Å²) in [6.07, 6.45) is 2.75. The van der Waals surface area contributed by atoms with Crippen LogP contribution in [-0.4, -0.2) is 30.7 Å². The number of guanidine groups is 1. The SMILES string of the molecule is CCCNC(N)=NCc1ccc(OCCOc2ccccc2)nc1. The Bertz CT molecular complexity index is 615. The highest BCUT2D eigenvalue weighted by atomic mass is 16.5. The largest absolute Gasteiger partial charge is 0.490 e. The number of hydrogen-bond acceptors (Lipinski definition) is 4. The Morgan fingerprint density at radius 1 is 1.12 bits per heavy atom. The van der Waals surface area contributed by atoms with Crippen molar-refractivity contribution in [1.29, 1.82) is 0 Å². The van der Waals surface area contributed by atoms with Gasteiger partial charge in [0.15, 0.2) is 5.96 Å². The van der Waals surface area contributed by atoms with E-state index >= 15 is 0 Å². The highest BCUT2D eigenvalue weighted by Gasteiger charge is 1.98. The van der Waals surface area contributed by atoms with Gasteiger partial charge < -0.3 is 20.5 Å². The molecule has 2 aromatic rings. The van der Waals surface area contributed by atoms with E-state index in [4.69, 9.17) is 15.2 Å². The number of benzene rings is 1. The van der Waals surface area contributed by atoms with E-state index in [1.807, 2.05) is 42.5 Å². The number of nitrogens with two attached hydrogens (primary N) is 1. The molecule has 0 saturated carbocycles. The maximum atomic E-state index is 5.75. The Kier molecular flexibility index (Phi) is 7.40. The third-order valence-electron chi connectivity index (χ3n) is 3.13. The Hall–Kier alpha value is -2.76. The summed E-state index contributed by atoms with van der Waals surface area (Å²) in [4.78, 5) is 8.51. The Balaban J connectivity index is 1.70. The van der Waals surface area contributed by atoms with Crippen molar-refractivity contribution in [3.8, 4) is 11.6 Å². The maximum Gasteiger partial charge on any atom is 0.213 e. The molecule has 128 valence electrons. The van der Waals surface area contributed by atoms with Crippen LogP contribution in [0.5, 0.6) is 11.6 Å². The number of para-hydroxylation sites is 1. The standard InChI is InChI=1S/C18H24N4O2/c1-2-10-20-18(19)22-14-15-8-9-17(21-13-15)24-12-11-23-16-6-4-3-5-7-16/h3-9,13H,2,10-12,14H2,1H3,(H3,19,20,22). The van der Waals surface area contributed by atoms with Crippen LogP contribution in [0, 0.1) is 0 Å². The summed E-state index contributed by atoms with van der Waals surface area (Å²) in [5, 5.41) is 3.03. The van der Waals surface area contributed by atoms with Crippen LogP contribution in [0.2, 0.25) is 0 Å². The second kappa shape index (κ2) is 10.1. The predicted molar refractivity (Wildman–Crippen MR) is 95.3 cm³/mol. The lowest BCUT2D eigenvalue weighted by atomic mass is 10.3. The number of nitrogens with one attached hydrogen (secondary N) is 1. The van der Waals surface area contributed by atoms with Crippen molar-refractivity contribution in [2.75, 3.05) is 19.8 Å². The molecule has 0 atom stereocenters. The fraction of sp³-hybridized carbons (Fsp3) is 0.333. The summed E-state index contributed by atoms with van der Waals surface area (Å²) in [6.45, 7) is 4.30. The van der Waals surface area contributed by atoms with Gasteiger partial charge in [-0.15, -0.1) is 0 Å². The van der Waals surface area contributed by atoms with Crippen molar-refractivity contribution in [3.63, 3.8) is 0 Å². The monoisotopic (exact) mass is 328 g/mol. The summed E-state index contributed by atoms with van der Waals surface area (Å²) in [6, 6.07) is 13.4. The Morgan fingerprint density at radius 3 is 2.62 bits per heavy atom. The van der Waals surface area contributed by atoms with Gasteiger partial charge in [-0.25, -0.2) is 9.98 Å². The molecule has 0 aliphatic heterocycles. The van der Waals surface area contributed by atoms with E-state index in [0.29, 0.717) is 31.6 Å². The zero-order valence-electron chi connectivity index (χ0n) is 13.9. The average molecular weight is 328 g/mol. The van der Waals surface area contributed by atoms with Gasteiger partial charge in [0, 0.05) is 18.8 Å². The third-order valence-corrected chi connectivity index (χ3v) is 3.13. The normalized spacial score (nSPS) is 11.1. The fourth-order valence-corrected chi connectivity index (χ4v) is 1.90. The highest BCUT2D eigenvalue weighted by molar-refractivity contribution is 5.77. The van der Waals surface area contributed by atoms with Gasteiger partial charge in [-0.2, -0.15) is 0 Å². The minimum Gasteiger partial charge on any atom is -0.490 e. The zero-order chi connectivity index (χ0) is 17.0. The first-order valence-corrected chi connectivity index (χ1v) is 8.07. The summed E-state index contributed by atoms with van der Waals surface area (Å²) in [7, 11) is 0. The van der Waals surface area contributed by atoms with Crippen LogP contribution in [0.4, 0.5) is 0 Å². The topological polar surface area (TPSA) is 81.8 Å². The highest BCUT2D eigenvalue weighted by Crippen LogP contribution is 2.10. The second-order valence-electron chi connectivity index (χ2n) is 5.14. The van der Waals surface area contributed by atoms with Gasteiger partial charge in [-0.3, -0.25) is 0 Å². The molecule has 0 fully saturated rings. The molecule has 6 nitrogen and oxygen atoms in total. The molecule has 0 saturated heterocycles. The lowest BCUT2D eigenvalue weighted by Gasteiger charge is -2.08. The number of rotatable bonds is 9. The quantitative estimate of drug-likeness (QED) is 0.419. The van der Waals surface area contributed by atoms with Gasteiger partial charge in [-0.1, -0.05) is 31.2 Å². The van der Waals surface area contributed by atoms with Gasteiger partial charge in [-0.05, 0) is 24.1 Å². The minimum absolute atomic E-state index is 0.438. The van der Waals surface area contributed by atoms with E-state index < -0.39 is 0 Å². The smallest absolute Gasteiger partial charge is 0.213 e. The fourth-order valence-electron chi connectivity index (χ4n) is 1.90. The number of aliphatic imine (C=N–C) groups is 1. The van der Waals surface area contributed by atoms with Crippen molar-refractivity contribution in [2.24, 2.45) is 10.7 Å². The van der Waals surface area contributed by atoms with E-state index in [1.165, 1.54) is 0 Å². The van der Waals surface area contributed by atoms with Crippen molar-refractivity contribution in [3.05, 3.63) is 54.2 Å². The maximum absolute atomic E-state index is 5.75. The van der Waals surface area contributed by atoms with Crippen molar-refractivity contribution < 1.29 is 9.47 Å². The summed E-state index contributed by atoms with van der Waals surface area (Å²) >= 11 is 0. The number of ether oxygens (including phenoxy) is 2. The van der Waals surface area contributed by atoms with Crippen LogP contribution in [-0.2, 0) is 6.54 Å². The first-order chi connectivity index (χ1) is 11.8. The third kappa shape index (κ3) is 6.56.